The van der Waals surface area contributed by atoms with Gasteiger partial charge in [0.05, 0.1) is 17.5 Å². The molecule has 2 aliphatic heterocycles. The van der Waals surface area contributed by atoms with Gasteiger partial charge in [0.1, 0.15) is 17.6 Å². The number of hydrogen-bond acceptors (Lipinski definition) is 5. The maximum Gasteiger partial charge on any atom is 0.249 e. The number of nitrogens with zero attached hydrogens (tertiary/aromatic N) is 3. The summed E-state index contributed by atoms with van der Waals surface area (Å²) in [7, 11) is 0. The number of benzene rings is 2. The van der Waals surface area contributed by atoms with Crippen LogP contribution < -0.4 is 10.2 Å². The third-order valence-electron chi connectivity index (χ3n) is 6.33. The van der Waals surface area contributed by atoms with E-state index in [2.05, 4.69) is 17.1 Å². The Hall–Kier alpha value is -2.93. The van der Waals surface area contributed by atoms with Gasteiger partial charge in [0.2, 0.25) is 5.91 Å². The molecule has 0 radical (unpaired) electrons. The summed E-state index contributed by atoms with van der Waals surface area (Å²) >= 11 is 12.7. The number of hydrogen-bond donors (Lipinski definition) is 1. The van der Waals surface area contributed by atoms with Crippen LogP contribution in [0.4, 0.5) is 11.5 Å². The Bertz CT molecular complexity index is 1310. The predicted molar refractivity (Wildman–Crippen MR) is 141 cm³/mol. The Kier molecular flexibility index (Phi) is 6.30. The molecule has 1 amide bonds. The zero-order valence-electron chi connectivity index (χ0n) is 19.8. The minimum Gasteiger partial charge on any atom is -0.351 e. The van der Waals surface area contributed by atoms with Gasteiger partial charge in [0, 0.05) is 40.3 Å². The number of benzodiazepines with no additional fused rings is 1. The normalized spacial score (nSPS) is 21.2. The van der Waals surface area contributed by atoms with Crippen LogP contribution in [0.25, 0.3) is 0 Å². The van der Waals surface area contributed by atoms with E-state index in [1.165, 1.54) is 0 Å². The van der Waals surface area contributed by atoms with Gasteiger partial charge in [-0.2, -0.15) is 0 Å². The van der Waals surface area contributed by atoms with Crippen molar-refractivity contribution in [2.75, 3.05) is 16.8 Å². The summed E-state index contributed by atoms with van der Waals surface area (Å²) in [6.07, 6.45) is 2.29. The lowest BCUT2D eigenvalue weighted by Crippen LogP contribution is -2.39. The number of nitrogens with one attached hydrogen (secondary N) is 1. The molecule has 1 aromatic heterocycles. The van der Waals surface area contributed by atoms with E-state index >= 15 is 0 Å². The lowest BCUT2D eigenvalue weighted by atomic mass is 10.0. The van der Waals surface area contributed by atoms with Crippen molar-refractivity contribution in [3.8, 4) is 0 Å². The van der Waals surface area contributed by atoms with E-state index in [4.69, 9.17) is 37.9 Å². The maximum absolute atomic E-state index is 13.2. The zero-order chi connectivity index (χ0) is 24.7. The standard InChI is InChI=1S/C27H26Cl2N4O2/c1-16-15-33(27(2,3)35-16)24-11-8-18(14-30-24)25-20-13-19(28)9-10-22(20)32-26(34)23(31-25)12-17-6-4-5-7-21(17)29/h4-11,13-14,16,23H,12,15H2,1-3H3,(H,32,34). The second-order valence-corrected chi connectivity index (χ2v) is 10.2. The van der Waals surface area contributed by atoms with Crippen molar-refractivity contribution >= 4 is 46.3 Å². The van der Waals surface area contributed by atoms with Crippen LogP contribution in [-0.4, -0.2) is 41.0 Å². The number of aliphatic imine (C=N–C) groups is 1. The third kappa shape index (κ3) is 4.79. The van der Waals surface area contributed by atoms with Gasteiger partial charge in [-0.3, -0.25) is 9.79 Å². The molecule has 8 heteroatoms. The van der Waals surface area contributed by atoms with Crippen LogP contribution in [0.5, 0.6) is 0 Å². The summed E-state index contributed by atoms with van der Waals surface area (Å²) in [5, 5.41) is 4.18. The van der Waals surface area contributed by atoms with Crippen molar-refractivity contribution < 1.29 is 9.53 Å². The highest BCUT2D eigenvalue weighted by Crippen LogP contribution is 2.32. The number of halogens is 2. The van der Waals surface area contributed by atoms with Gasteiger partial charge in [0.15, 0.2) is 0 Å². The number of rotatable bonds is 4. The van der Waals surface area contributed by atoms with Crippen molar-refractivity contribution in [1.29, 1.82) is 0 Å². The molecule has 0 saturated carbocycles. The Balaban J connectivity index is 1.55. The highest BCUT2D eigenvalue weighted by molar-refractivity contribution is 6.32. The molecule has 5 rings (SSSR count). The number of carbonyl (C=O) groups excluding carboxylic acids is 1. The summed E-state index contributed by atoms with van der Waals surface area (Å²) < 4.78 is 6.02. The molecule has 180 valence electrons. The minimum absolute atomic E-state index is 0.120. The molecule has 2 aromatic carbocycles. The monoisotopic (exact) mass is 508 g/mol. The van der Waals surface area contributed by atoms with Crippen molar-refractivity contribution in [1.82, 2.24) is 4.98 Å². The quantitative estimate of drug-likeness (QED) is 0.487. The first-order valence-corrected chi connectivity index (χ1v) is 12.3. The van der Waals surface area contributed by atoms with E-state index in [0.717, 1.165) is 29.1 Å². The number of aromatic nitrogens is 1. The summed E-state index contributed by atoms with van der Waals surface area (Å²) in [6, 6.07) is 16.2. The Morgan fingerprint density at radius 1 is 1.14 bits per heavy atom. The van der Waals surface area contributed by atoms with Crippen LogP contribution in [0.3, 0.4) is 0 Å². The zero-order valence-corrected chi connectivity index (χ0v) is 21.3. The lowest BCUT2D eigenvalue weighted by Gasteiger charge is -2.30. The fraction of sp³-hybridized carbons (Fsp3) is 0.296. The average Bonchev–Trinajstić information content (AvgIpc) is 3.02. The Morgan fingerprint density at radius 3 is 2.63 bits per heavy atom. The summed E-state index contributed by atoms with van der Waals surface area (Å²) in [5.74, 6) is 0.628. The summed E-state index contributed by atoms with van der Waals surface area (Å²) in [5.41, 5.74) is 3.28. The van der Waals surface area contributed by atoms with Crippen LogP contribution in [0, 0.1) is 0 Å². The Labute approximate surface area is 214 Å². The lowest BCUT2D eigenvalue weighted by molar-refractivity contribution is -0.117. The molecule has 1 fully saturated rings. The molecule has 3 heterocycles. The fourth-order valence-corrected chi connectivity index (χ4v) is 5.07. The van der Waals surface area contributed by atoms with E-state index < -0.39 is 11.8 Å². The van der Waals surface area contributed by atoms with Gasteiger partial charge in [-0.1, -0.05) is 41.4 Å². The fourth-order valence-electron chi connectivity index (χ4n) is 4.69. The first-order chi connectivity index (χ1) is 16.7. The van der Waals surface area contributed by atoms with Crippen LogP contribution in [0.2, 0.25) is 10.0 Å². The molecule has 1 saturated heterocycles. The highest BCUT2D eigenvalue weighted by Gasteiger charge is 2.38. The molecular weight excluding hydrogens is 483 g/mol. The second kappa shape index (κ2) is 9.26. The van der Waals surface area contributed by atoms with E-state index in [1.54, 1.807) is 18.3 Å². The Morgan fingerprint density at radius 2 is 1.94 bits per heavy atom. The molecule has 0 aliphatic carbocycles. The van der Waals surface area contributed by atoms with Crippen molar-refractivity contribution in [2.45, 2.75) is 45.1 Å². The van der Waals surface area contributed by atoms with Crippen LogP contribution in [-0.2, 0) is 16.0 Å². The molecular formula is C27H26Cl2N4O2. The van der Waals surface area contributed by atoms with Crippen LogP contribution in [0.1, 0.15) is 37.5 Å². The van der Waals surface area contributed by atoms with Gasteiger partial charge in [0.25, 0.3) is 0 Å². The SMILES string of the molecule is CC1CN(c2ccc(C3=NC(Cc4ccccc4Cl)C(=O)Nc4ccc(Cl)cc43)cn2)C(C)(C)O1. The van der Waals surface area contributed by atoms with Gasteiger partial charge in [-0.25, -0.2) is 4.98 Å². The number of anilines is 2. The van der Waals surface area contributed by atoms with Crippen molar-refractivity contribution in [3.05, 3.63) is 87.5 Å². The van der Waals surface area contributed by atoms with E-state index in [-0.39, 0.29) is 12.0 Å². The highest BCUT2D eigenvalue weighted by atomic mass is 35.5. The van der Waals surface area contributed by atoms with Crippen molar-refractivity contribution in [3.63, 3.8) is 0 Å². The average molecular weight is 509 g/mol. The first-order valence-electron chi connectivity index (χ1n) is 11.5. The number of amides is 1. The number of ether oxygens (including phenoxy) is 1. The molecule has 0 spiro atoms. The minimum atomic E-state index is -0.664. The molecule has 1 N–H and O–H groups in total. The molecule has 2 aliphatic rings. The largest absolute Gasteiger partial charge is 0.351 e. The van der Waals surface area contributed by atoms with Gasteiger partial charge in [-0.15, -0.1) is 0 Å². The van der Waals surface area contributed by atoms with E-state index in [0.29, 0.717) is 27.9 Å². The smallest absolute Gasteiger partial charge is 0.249 e. The van der Waals surface area contributed by atoms with Crippen molar-refractivity contribution in [2.24, 2.45) is 4.99 Å². The molecule has 2 unspecified atom stereocenters. The van der Waals surface area contributed by atoms with Gasteiger partial charge >= 0.3 is 0 Å². The second-order valence-electron chi connectivity index (χ2n) is 9.36. The molecule has 35 heavy (non-hydrogen) atoms. The predicted octanol–water partition coefficient (Wildman–Crippen LogP) is 5.75. The number of carbonyl (C=O) groups is 1. The van der Waals surface area contributed by atoms with E-state index in [9.17, 15) is 4.79 Å². The van der Waals surface area contributed by atoms with Crippen LogP contribution >= 0.6 is 23.2 Å². The molecule has 3 aromatic rings. The maximum atomic E-state index is 13.2. The molecule has 2 atom stereocenters. The number of fused-ring (bicyclic) bond motifs is 1. The molecule has 0 bridgehead atoms. The number of pyridine rings is 1. The third-order valence-corrected chi connectivity index (χ3v) is 6.93. The van der Waals surface area contributed by atoms with Gasteiger partial charge in [-0.05, 0) is 62.7 Å². The van der Waals surface area contributed by atoms with Crippen LogP contribution in [0.15, 0.2) is 65.8 Å². The van der Waals surface area contributed by atoms with E-state index in [1.807, 2.05) is 56.3 Å². The first kappa shape index (κ1) is 23.8. The summed E-state index contributed by atoms with van der Waals surface area (Å²) in [6.45, 7) is 6.89. The van der Waals surface area contributed by atoms with Gasteiger partial charge < -0.3 is 15.0 Å². The molecule has 6 nitrogen and oxygen atoms in total. The topological polar surface area (TPSA) is 66.8 Å². The summed E-state index contributed by atoms with van der Waals surface area (Å²) in [4.78, 5) is 25.0.